The van der Waals surface area contributed by atoms with Crippen molar-refractivity contribution in [3.63, 3.8) is 0 Å². The fourth-order valence-corrected chi connectivity index (χ4v) is 4.79. The summed E-state index contributed by atoms with van der Waals surface area (Å²) in [6, 6.07) is 8.02. The van der Waals surface area contributed by atoms with Crippen LogP contribution in [0.2, 0.25) is 0 Å². The maximum atomic E-state index is 13.0. The minimum absolute atomic E-state index is 0.00522. The first-order valence-electron chi connectivity index (χ1n) is 9.67. The molecular formula is C21H29NO4. The van der Waals surface area contributed by atoms with E-state index in [-0.39, 0.29) is 24.0 Å². The third-order valence-corrected chi connectivity index (χ3v) is 6.10. The van der Waals surface area contributed by atoms with Crippen molar-refractivity contribution in [2.45, 2.75) is 64.5 Å². The molecule has 1 aromatic carbocycles. The number of fused-ring (bicyclic) bond motifs is 2. The molecule has 2 heterocycles. The van der Waals surface area contributed by atoms with Crippen LogP contribution in [0.25, 0.3) is 0 Å². The SMILES string of the molecule is CCOC(=O)[C@@]1(CC)C[C@H]2CC[C@@H]1N2C(=O)CCc1cccc(OC)c1. The monoisotopic (exact) mass is 359 g/mol. The largest absolute Gasteiger partial charge is 0.497 e. The van der Waals surface area contributed by atoms with E-state index in [4.69, 9.17) is 9.47 Å². The third kappa shape index (κ3) is 3.19. The van der Waals surface area contributed by atoms with Gasteiger partial charge in [-0.1, -0.05) is 19.1 Å². The van der Waals surface area contributed by atoms with Crippen LogP contribution in [0, 0.1) is 5.41 Å². The number of benzene rings is 1. The van der Waals surface area contributed by atoms with Gasteiger partial charge in [0.2, 0.25) is 5.91 Å². The number of nitrogens with zero attached hydrogens (tertiary/aromatic N) is 1. The van der Waals surface area contributed by atoms with Gasteiger partial charge in [0.1, 0.15) is 5.75 Å². The highest BCUT2D eigenvalue weighted by atomic mass is 16.5. The van der Waals surface area contributed by atoms with Crippen molar-refractivity contribution < 1.29 is 19.1 Å². The van der Waals surface area contributed by atoms with Crippen LogP contribution in [-0.2, 0) is 20.7 Å². The molecule has 2 fully saturated rings. The molecule has 0 aromatic heterocycles. The first kappa shape index (κ1) is 18.7. The molecule has 0 N–H and O–H groups in total. The second kappa shape index (κ2) is 7.68. The summed E-state index contributed by atoms with van der Waals surface area (Å²) >= 11 is 0. The molecule has 0 saturated carbocycles. The molecule has 0 aliphatic carbocycles. The zero-order valence-corrected chi connectivity index (χ0v) is 16.0. The van der Waals surface area contributed by atoms with Crippen molar-refractivity contribution in [2.75, 3.05) is 13.7 Å². The molecule has 3 rings (SSSR count). The first-order valence-corrected chi connectivity index (χ1v) is 9.67. The highest BCUT2D eigenvalue weighted by molar-refractivity contribution is 5.83. The van der Waals surface area contributed by atoms with E-state index in [1.54, 1.807) is 7.11 Å². The summed E-state index contributed by atoms with van der Waals surface area (Å²) in [5.74, 6) is 0.837. The Morgan fingerprint density at radius 3 is 2.77 bits per heavy atom. The van der Waals surface area contributed by atoms with Crippen LogP contribution in [0.4, 0.5) is 0 Å². The number of aryl methyl sites for hydroxylation is 1. The summed E-state index contributed by atoms with van der Waals surface area (Å²) in [7, 11) is 1.64. The number of hydrogen-bond donors (Lipinski definition) is 0. The van der Waals surface area contributed by atoms with E-state index in [9.17, 15) is 9.59 Å². The smallest absolute Gasteiger partial charge is 0.314 e. The number of rotatable bonds is 7. The Morgan fingerprint density at radius 2 is 2.08 bits per heavy atom. The molecule has 142 valence electrons. The number of carbonyl (C=O) groups excluding carboxylic acids is 2. The summed E-state index contributed by atoms with van der Waals surface area (Å²) in [6.45, 7) is 4.27. The van der Waals surface area contributed by atoms with Crippen LogP contribution < -0.4 is 4.74 Å². The normalized spacial score (nSPS) is 26.8. The second-order valence-corrected chi connectivity index (χ2v) is 7.33. The minimum Gasteiger partial charge on any atom is -0.497 e. The van der Waals surface area contributed by atoms with Crippen molar-refractivity contribution in [3.05, 3.63) is 29.8 Å². The lowest BCUT2D eigenvalue weighted by Crippen LogP contribution is -2.45. The van der Waals surface area contributed by atoms with Crippen molar-refractivity contribution in [1.82, 2.24) is 4.90 Å². The van der Waals surface area contributed by atoms with E-state index >= 15 is 0 Å². The summed E-state index contributed by atoms with van der Waals surface area (Å²) in [5.41, 5.74) is 0.585. The third-order valence-electron chi connectivity index (χ3n) is 6.10. The Labute approximate surface area is 155 Å². The predicted molar refractivity (Wildman–Crippen MR) is 98.9 cm³/mol. The Morgan fingerprint density at radius 1 is 1.27 bits per heavy atom. The average Bonchev–Trinajstić information content (AvgIpc) is 3.23. The zero-order chi connectivity index (χ0) is 18.7. The maximum absolute atomic E-state index is 13.0. The van der Waals surface area contributed by atoms with E-state index in [2.05, 4.69) is 0 Å². The number of amides is 1. The molecule has 0 radical (unpaired) electrons. The van der Waals surface area contributed by atoms with Gasteiger partial charge in [-0.05, 0) is 56.7 Å². The molecule has 5 nitrogen and oxygen atoms in total. The lowest BCUT2D eigenvalue weighted by atomic mass is 9.72. The number of methoxy groups -OCH3 is 1. The Bertz CT molecular complexity index is 674. The quantitative estimate of drug-likeness (QED) is 0.701. The van der Waals surface area contributed by atoms with Gasteiger partial charge in [-0.3, -0.25) is 9.59 Å². The van der Waals surface area contributed by atoms with Gasteiger partial charge >= 0.3 is 5.97 Å². The Hall–Kier alpha value is -2.04. The topological polar surface area (TPSA) is 55.8 Å². The van der Waals surface area contributed by atoms with Crippen LogP contribution in [0.15, 0.2) is 24.3 Å². The van der Waals surface area contributed by atoms with Gasteiger partial charge in [0.05, 0.1) is 19.1 Å². The second-order valence-electron chi connectivity index (χ2n) is 7.33. The van der Waals surface area contributed by atoms with Gasteiger partial charge in [-0.15, -0.1) is 0 Å². The Balaban J connectivity index is 1.69. The molecule has 3 atom stereocenters. The van der Waals surface area contributed by atoms with Crippen LogP contribution >= 0.6 is 0 Å². The molecule has 0 unspecified atom stereocenters. The summed E-state index contributed by atoms with van der Waals surface area (Å²) in [5, 5.41) is 0. The molecule has 0 spiro atoms. The van der Waals surface area contributed by atoms with Gasteiger partial charge < -0.3 is 14.4 Å². The fourth-order valence-electron chi connectivity index (χ4n) is 4.79. The number of esters is 1. The molecule has 2 bridgehead atoms. The van der Waals surface area contributed by atoms with Gasteiger partial charge in [0.25, 0.3) is 0 Å². The summed E-state index contributed by atoms with van der Waals surface area (Å²) in [6.07, 6.45) is 4.52. The number of carbonyl (C=O) groups is 2. The molecule has 2 aliphatic heterocycles. The molecule has 2 saturated heterocycles. The standard InChI is InChI=1S/C21H29NO4/c1-4-21(20(24)26-5-2)14-16-10-11-18(21)22(16)19(23)12-9-15-7-6-8-17(13-15)25-3/h6-8,13,16,18H,4-5,9-12,14H2,1-3H3/t16-,18+,21+/m1/s1. The van der Waals surface area contributed by atoms with Crippen molar-refractivity contribution in [3.8, 4) is 5.75 Å². The number of hydrogen-bond acceptors (Lipinski definition) is 4. The number of ether oxygens (including phenoxy) is 2. The zero-order valence-electron chi connectivity index (χ0n) is 16.0. The van der Waals surface area contributed by atoms with Crippen LogP contribution in [-0.4, -0.2) is 42.6 Å². The molecule has 26 heavy (non-hydrogen) atoms. The van der Waals surface area contributed by atoms with Crippen molar-refractivity contribution >= 4 is 11.9 Å². The van der Waals surface area contributed by atoms with Gasteiger partial charge in [-0.25, -0.2) is 0 Å². The van der Waals surface area contributed by atoms with E-state index in [1.807, 2.05) is 43.0 Å². The molecule has 5 heteroatoms. The Kier molecular flexibility index (Phi) is 5.54. The van der Waals surface area contributed by atoms with E-state index in [0.29, 0.717) is 19.4 Å². The fraction of sp³-hybridized carbons (Fsp3) is 0.619. The van der Waals surface area contributed by atoms with E-state index < -0.39 is 5.41 Å². The van der Waals surface area contributed by atoms with E-state index in [0.717, 1.165) is 37.0 Å². The van der Waals surface area contributed by atoms with Crippen LogP contribution in [0.1, 0.15) is 51.5 Å². The lowest BCUT2D eigenvalue weighted by molar-refractivity contribution is -0.158. The lowest BCUT2D eigenvalue weighted by Gasteiger charge is -2.34. The molecular weight excluding hydrogens is 330 g/mol. The predicted octanol–water partition coefficient (Wildman–Crippen LogP) is 3.35. The minimum atomic E-state index is -0.509. The maximum Gasteiger partial charge on any atom is 0.314 e. The van der Waals surface area contributed by atoms with Crippen LogP contribution in [0.3, 0.4) is 0 Å². The highest BCUT2D eigenvalue weighted by Gasteiger charge is 2.60. The molecule has 1 amide bonds. The van der Waals surface area contributed by atoms with Gasteiger partial charge in [0, 0.05) is 18.5 Å². The van der Waals surface area contributed by atoms with Crippen LogP contribution in [0.5, 0.6) is 5.75 Å². The summed E-state index contributed by atoms with van der Waals surface area (Å²) in [4.78, 5) is 27.6. The van der Waals surface area contributed by atoms with E-state index in [1.165, 1.54) is 0 Å². The molecule has 1 aromatic rings. The summed E-state index contributed by atoms with van der Waals surface area (Å²) < 4.78 is 10.6. The van der Waals surface area contributed by atoms with Gasteiger partial charge in [-0.2, -0.15) is 0 Å². The highest BCUT2D eigenvalue weighted by Crippen LogP contribution is 2.52. The van der Waals surface area contributed by atoms with Crippen molar-refractivity contribution in [1.29, 1.82) is 0 Å². The first-order chi connectivity index (χ1) is 12.6. The van der Waals surface area contributed by atoms with Crippen molar-refractivity contribution in [2.24, 2.45) is 5.41 Å². The molecule has 2 aliphatic rings. The van der Waals surface area contributed by atoms with Gasteiger partial charge in [0.15, 0.2) is 0 Å². The average molecular weight is 359 g/mol.